The molecule has 7 heteroatoms. The van der Waals surface area contributed by atoms with Crippen LogP contribution in [0.15, 0.2) is 67.4 Å². The van der Waals surface area contributed by atoms with Crippen molar-refractivity contribution in [1.82, 2.24) is 19.1 Å². The van der Waals surface area contributed by atoms with E-state index in [0.717, 1.165) is 5.56 Å². The van der Waals surface area contributed by atoms with Crippen LogP contribution in [0.2, 0.25) is 0 Å². The Morgan fingerprint density at radius 1 is 1.17 bits per heavy atom. The number of carbonyl (C=O) groups is 1. The van der Waals surface area contributed by atoms with Gasteiger partial charge in [-0.2, -0.15) is 0 Å². The SMILES string of the molecule is CCn1ccnc1C(=O)c1cn(-c2cc(F)cc(-c3ccccc3OC)c2)cn1. The summed E-state index contributed by atoms with van der Waals surface area (Å²) in [4.78, 5) is 21.0. The van der Waals surface area contributed by atoms with Gasteiger partial charge in [-0.3, -0.25) is 4.79 Å². The first kappa shape index (κ1) is 18.6. The van der Waals surface area contributed by atoms with Gasteiger partial charge in [-0.25, -0.2) is 14.4 Å². The lowest BCUT2D eigenvalue weighted by Crippen LogP contribution is -2.10. The fourth-order valence-corrected chi connectivity index (χ4v) is 3.23. The zero-order chi connectivity index (χ0) is 20.4. The summed E-state index contributed by atoms with van der Waals surface area (Å²) in [5.74, 6) is 0.298. The van der Waals surface area contributed by atoms with Crippen molar-refractivity contribution in [2.75, 3.05) is 7.11 Å². The summed E-state index contributed by atoms with van der Waals surface area (Å²) in [7, 11) is 1.58. The maximum Gasteiger partial charge on any atom is 0.248 e. The van der Waals surface area contributed by atoms with Gasteiger partial charge in [-0.05, 0) is 36.8 Å². The third-order valence-electron chi connectivity index (χ3n) is 4.67. The number of carbonyl (C=O) groups excluding carboxylic acids is 1. The van der Waals surface area contributed by atoms with E-state index in [9.17, 15) is 9.18 Å². The minimum atomic E-state index is -0.397. The molecule has 4 aromatic rings. The number of methoxy groups -OCH3 is 1. The van der Waals surface area contributed by atoms with Crippen molar-refractivity contribution in [3.8, 4) is 22.6 Å². The molecule has 0 saturated heterocycles. The predicted octanol–water partition coefficient (Wildman–Crippen LogP) is 4.13. The zero-order valence-electron chi connectivity index (χ0n) is 16.0. The summed E-state index contributed by atoms with van der Waals surface area (Å²) in [6.45, 7) is 2.57. The Morgan fingerprint density at radius 2 is 2.00 bits per heavy atom. The van der Waals surface area contributed by atoms with Gasteiger partial charge in [0, 0.05) is 30.7 Å². The van der Waals surface area contributed by atoms with Gasteiger partial charge in [0.25, 0.3) is 0 Å². The monoisotopic (exact) mass is 390 g/mol. The summed E-state index contributed by atoms with van der Waals surface area (Å²) in [5.41, 5.74) is 2.24. The molecular weight excluding hydrogens is 371 g/mol. The number of para-hydroxylation sites is 1. The molecule has 146 valence electrons. The topological polar surface area (TPSA) is 61.9 Å². The normalized spacial score (nSPS) is 10.9. The number of ketones is 1. The molecule has 0 amide bonds. The smallest absolute Gasteiger partial charge is 0.248 e. The Morgan fingerprint density at radius 3 is 2.79 bits per heavy atom. The molecule has 6 nitrogen and oxygen atoms in total. The van der Waals surface area contributed by atoms with Crippen molar-refractivity contribution in [2.45, 2.75) is 13.5 Å². The van der Waals surface area contributed by atoms with Crippen LogP contribution in [0, 0.1) is 5.82 Å². The van der Waals surface area contributed by atoms with Crippen LogP contribution in [0.3, 0.4) is 0 Å². The first-order valence-electron chi connectivity index (χ1n) is 9.15. The first-order chi connectivity index (χ1) is 14.1. The molecule has 0 saturated carbocycles. The Balaban J connectivity index is 1.72. The number of benzene rings is 2. The van der Waals surface area contributed by atoms with Crippen LogP contribution >= 0.6 is 0 Å². The summed E-state index contributed by atoms with van der Waals surface area (Å²) in [5, 5.41) is 0. The first-order valence-corrected chi connectivity index (χ1v) is 9.15. The molecular formula is C22H19FN4O2. The van der Waals surface area contributed by atoms with Crippen molar-refractivity contribution in [3.05, 3.63) is 84.7 Å². The highest BCUT2D eigenvalue weighted by atomic mass is 19.1. The van der Waals surface area contributed by atoms with Gasteiger partial charge in [0.15, 0.2) is 5.82 Å². The molecule has 0 spiro atoms. The van der Waals surface area contributed by atoms with E-state index in [4.69, 9.17) is 4.74 Å². The molecule has 2 heterocycles. The van der Waals surface area contributed by atoms with Gasteiger partial charge >= 0.3 is 0 Å². The number of ether oxygens (including phenoxy) is 1. The number of nitrogens with zero attached hydrogens (tertiary/aromatic N) is 4. The van der Waals surface area contributed by atoms with E-state index in [1.807, 2.05) is 37.3 Å². The quantitative estimate of drug-likeness (QED) is 0.465. The van der Waals surface area contributed by atoms with Crippen LogP contribution in [-0.4, -0.2) is 32.0 Å². The highest BCUT2D eigenvalue weighted by molar-refractivity contribution is 6.05. The summed E-state index contributed by atoms with van der Waals surface area (Å²) in [6, 6.07) is 12.1. The van der Waals surface area contributed by atoms with Gasteiger partial charge in [0.1, 0.15) is 23.6 Å². The average molecular weight is 390 g/mol. The fraction of sp³-hybridized carbons (Fsp3) is 0.136. The lowest BCUT2D eigenvalue weighted by atomic mass is 10.0. The molecule has 2 aromatic heterocycles. The molecule has 0 bridgehead atoms. The van der Waals surface area contributed by atoms with Gasteiger partial charge in [-0.15, -0.1) is 0 Å². The molecule has 0 fully saturated rings. The molecule has 0 unspecified atom stereocenters. The number of aryl methyl sites for hydroxylation is 1. The van der Waals surface area contributed by atoms with E-state index < -0.39 is 5.82 Å². The second-order valence-electron chi connectivity index (χ2n) is 6.43. The van der Waals surface area contributed by atoms with Gasteiger partial charge in [0.05, 0.1) is 12.8 Å². The van der Waals surface area contributed by atoms with E-state index in [-0.39, 0.29) is 11.5 Å². The third-order valence-corrected chi connectivity index (χ3v) is 4.67. The third kappa shape index (κ3) is 3.54. The highest BCUT2D eigenvalue weighted by Gasteiger charge is 2.18. The minimum absolute atomic E-state index is 0.244. The number of halogens is 1. The van der Waals surface area contributed by atoms with Crippen molar-refractivity contribution >= 4 is 5.78 Å². The largest absolute Gasteiger partial charge is 0.496 e. The Bertz CT molecular complexity index is 1180. The van der Waals surface area contributed by atoms with Crippen LogP contribution in [0.4, 0.5) is 4.39 Å². The van der Waals surface area contributed by atoms with E-state index in [0.29, 0.717) is 29.4 Å². The maximum atomic E-state index is 14.4. The molecule has 29 heavy (non-hydrogen) atoms. The average Bonchev–Trinajstić information content (AvgIpc) is 3.42. The Hall–Kier alpha value is -3.74. The standard InChI is InChI=1S/C22H19FN4O2/c1-3-26-9-8-24-22(26)21(28)19-13-27(14-25-19)17-11-15(10-16(23)12-17)18-6-4-5-7-20(18)29-2/h4-14H,3H2,1-2H3. The van der Waals surface area contributed by atoms with Crippen LogP contribution in [0.1, 0.15) is 23.2 Å². The molecule has 0 radical (unpaired) electrons. The summed E-state index contributed by atoms with van der Waals surface area (Å²) in [6.07, 6.45) is 6.40. The molecule has 0 aliphatic carbocycles. The van der Waals surface area contributed by atoms with Crippen molar-refractivity contribution in [1.29, 1.82) is 0 Å². The van der Waals surface area contributed by atoms with Crippen molar-refractivity contribution in [2.24, 2.45) is 0 Å². The highest BCUT2D eigenvalue weighted by Crippen LogP contribution is 2.31. The Labute approximate surface area is 167 Å². The number of imidazole rings is 2. The predicted molar refractivity (Wildman–Crippen MR) is 107 cm³/mol. The minimum Gasteiger partial charge on any atom is -0.496 e. The van der Waals surface area contributed by atoms with Gasteiger partial charge in [0.2, 0.25) is 5.78 Å². The molecule has 0 aliphatic rings. The van der Waals surface area contributed by atoms with E-state index in [2.05, 4.69) is 9.97 Å². The molecule has 0 aliphatic heterocycles. The second kappa shape index (κ2) is 7.71. The number of hydrogen-bond donors (Lipinski definition) is 0. The van der Waals surface area contributed by atoms with E-state index in [1.54, 1.807) is 34.8 Å². The lowest BCUT2D eigenvalue weighted by Gasteiger charge is -2.11. The molecule has 0 N–H and O–H groups in total. The Kier molecular flexibility index (Phi) is 4.95. The lowest BCUT2D eigenvalue weighted by molar-refractivity contribution is 0.102. The van der Waals surface area contributed by atoms with Crippen LogP contribution < -0.4 is 4.74 Å². The summed E-state index contributed by atoms with van der Waals surface area (Å²) >= 11 is 0. The maximum absolute atomic E-state index is 14.4. The van der Waals surface area contributed by atoms with Crippen molar-refractivity contribution in [3.63, 3.8) is 0 Å². The van der Waals surface area contributed by atoms with Crippen LogP contribution in [0.25, 0.3) is 16.8 Å². The zero-order valence-corrected chi connectivity index (χ0v) is 16.0. The summed E-state index contributed by atoms with van der Waals surface area (Å²) < 4.78 is 23.1. The van der Waals surface area contributed by atoms with Crippen molar-refractivity contribution < 1.29 is 13.9 Å². The number of aromatic nitrogens is 4. The molecule has 2 aromatic carbocycles. The number of hydrogen-bond acceptors (Lipinski definition) is 4. The van der Waals surface area contributed by atoms with E-state index >= 15 is 0 Å². The van der Waals surface area contributed by atoms with Crippen LogP contribution in [0.5, 0.6) is 5.75 Å². The second-order valence-corrected chi connectivity index (χ2v) is 6.43. The van der Waals surface area contributed by atoms with E-state index in [1.165, 1.54) is 18.5 Å². The molecule has 0 atom stereocenters. The number of rotatable bonds is 6. The van der Waals surface area contributed by atoms with Crippen LogP contribution in [-0.2, 0) is 6.54 Å². The fourth-order valence-electron chi connectivity index (χ4n) is 3.23. The van der Waals surface area contributed by atoms with Gasteiger partial charge in [-0.1, -0.05) is 18.2 Å². The van der Waals surface area contributed by atoms with Gasteiger partial charge < -0.3 is 13.9 Å². The molecule has 4 rings (SSSR count).